The van der Waals surface area contributed by atoms with Gasteiger partial charge in [0.05, 0.1) is 29.5 Å². The molecule has 1 unspecified atom stereocenters. The lowest BCUT2D eigenvalue weighted by molar-refractivity contribution is 0.0303. The Hall–Kier alpha value is -0.390. The van der Waals surface area contributed by atoms with Gasteiger partial charge in [0.25, 0.3) is 0 Å². The van der Waals surface area contributed by atoms with Crippen LogP contribution in [0.15, 0.2) is 10.7 Å². The zero-order valence-corrected chi connectivity index (χ0v) is 11.9. The van der Waals surface area contributed by atoms with Crippen molar-refractivity contribution in [1.29, 1.82) is 0 Å². The maximum atomic E-state index is 10.6. The summed E-state index contributed by atoms with van der Waals surface area (Å²) in [6.07, 6.45) is 5.02. The maximum Gasteiger partial charge on any atom is 0.105 e. The van der Waals surface area contributed by atoms with Crippen LogP contribution in [-0.2, 0) is 16.9 Å². The number of ether oxygens (including phenoxy) is 1. The molecule has 1 aliphatic rings. The van der Waals surface area contributed by atoms with Crippen molar-refractivity contribution in [3.8, 4) is 0 Å². The van der Waals surface area contributed by atoms with E-state index in [9.17, 15) is 5.11 Å². The van der Waals surface area contributed by atoms with Crippen LogP contribution in [0.1, 0.15) is 31.9 Å². The molecule has 0 spiro atoms. The van der Waals surface area contributed by atoms with Gasteiger partial charge < -0.3 is 9.84 Å². The van der Waals surface area contributed by atoms with E-state index in [4.69, 9.17) is 4.74 Å². The molecule has 0 saturated heterocycles. The second kappa shape index (κ2) is 5.08. The van der Waals surface area contributed by atoms with Crippen LogP contribution in [0.3, 0.4) is 0 Å². The Bertz CT molecular complexity index is 386. The lowest BCUT2D eigenvalue weighted by Crippen LogP contribution is -2.27. The fourth-order valence-electron chi connectivity index (χ4n) is 2.23. The Morgan fingerprint density at radius 3 is 2.94 bits per heavy atom. The highest BCUT2D eigenvalue weighted by Crippen LogP contribution is 2.42. The van der Waals surface area contributed by atoms with Crippen LogP contribution in [0.4, 0.5) is 0 Å². The number of methoxy groups -OCH3 is 1. The van der Waals surface area contributed by atoms with Gasteiger partial charge in [0.2, 0.25) is 0 Å². The molecule has 2 rings (SSSR count). The van der Waals surface area contributed by atoms with E-state index < -0.39 is 5.60 Å². The Morgan fingerprint density at radius 1 is 1.65 bits per heavy atom. The normalized spacial score (nSPS) is 19.3. The van der Waals surface area contributed by atoms with E-state index in [1.807, 2.05) is 11.6 Å². The molecule has 1 atom stereocenters. The monoisotopic (exact) mass is 302 g/mol. The fraction of sp³-hybridized carbons (Fsp3) is 0.750. The number of aromatic nitrogens is 2. The van der Waals surface area contributed by atoms with Crippen molar-refractivity contribution in [2.24, 2.45) is 5.92 Å². The predicted octanol–water partition coefficient (Wildman–Crippen LogP) is 2.30. The molecule has 1 heterocycles. The van der Waals surface area contributed by atoms with Gasteiger partial charge in [-0.15, -0.1) is 0 Å². The minimum absolute atomic E-state index is 0.598. The standard InChI is InChI=1S/C12H19BrN2O2/c1-12(16,7-9-3-4-9)11-10(13)8-14-15(11)5-6-17-2/h8-9,16H,3-7H2,1-2H3. The average Bonchev–Trinajstić information content (AvgIpc) is 2.96. The van der Waals surface area contributed by atoms with Crippen LogP contribution in [0.2, 0.25) is 0 Å². The van der Waals surface area contributed by atoms with E-state index in [1.165, 1.54) is 12.8 Å². The average molecular weight is 303 g/mol. The quantitative estimate of drug-likeness (QED) is 0.877. The largest absolute Gasteiger partial charge is 0.384 e. The number of aliphatic hydroxyl groups is 1. The summed E-state index contributed by atoms with van der Waals surface area (Å²) in [4.78, 5) is 0. The molecule has 1 aromatic rings. The van der Waals surface area contributed by atoms with E-state index in [-0.39, 0.29) is 0 Å². The number of rotatable bonds is 6. The van der Waals surface area contributed by atoms with Gasteiger partial charge in [0, 0.05) is 7.11 Å². The molecule has 1 aromatic heterocycles. The van der Waals surface area contributed by atoms with Crippen molar-refractivity contribution in [1.82, 2.24) is 9.78 Å². The molecule has 1 fully saturated rings. The van der Waals surface area contributed by atoms with E-state index in [0.29, 0.717) is 19.1 Å². The highest BCUT2D eigenvalue weighted by Gasteiger charge is 2.36. The molecule has 96 valence electrons. The van der Waals surface area contributed by atoms with Gasteiger partial charge in [-0.05, 0) is 35.2 Å². The molecule has 1 aliphatic carbocycles. The molecule has 17 heavy (non-hydrogen) atoms. The summed E-state index contributed by atoms with van der Waals surface area (Å²) in [6, 6.07) is 0. The minimum Gasteiger partial charge on any atom is -0.384 e. The SMILES string of the molecule is COCCn1ncc(Br)c1C(C)(O)CC1CC1. The Morgan fingerprint density at radius 2 is 2.35 bits per heavy atom. The molecule has 5 heteroatoms. The third-order valence-electron chi connectivity index (χ3n) is 3.20. The Balaban J connectivity index is 2.18. The number of hydrogen-bond acceptors (Lipinski definition) is 3. The van der Waals surface area contributed by atoms with Gasteiger partial charge in [-0.2, -0.15) is 5.10 Å². The molecule has 1 N–H and O–H groups in total. The van der Waals surface area contributed by atoms with Gasteiger partial charge in [-0.1, -0.05) is 12.8 Å². The molecule has 0 amide bonds. The van der Waals surface area contributed by atoms with Crippen LogP contribution in [0.5, 0.6) is 0 Å². The molecule has 0 aromatic carbocycles. The minimum atomic E-state index is -0.815. The summed E-state index contributed by atoms with van der Waals surface area (Å²) >= 11 is 3.47. The second-order valence-electron chi connectivity index (χ2n) is 4.98. The van der Waals surface area contributed by atoms with Crippen molar-refractivity contribution >= 4 is 15.9 Å². The molecular formula is C12H19BrN2O2. The summed E-state index contributed by atoms with van der Waals surface area (Å²) in [5.41, 5.74) is 0.0472. The summed E-state index contributed by atoms with van der Waals surface area (Å²) in [7, 11) is 1.67. The Kier molecular flexibility index (Phi) is 3.90. The third kappa shape index (κ3) is 3.09. The first-order valence-electron chi connectivity index (χ1n) is 5.97. The smallest absolute Gasteiger partial charge is 0.105 e. The second-order valence-corrected chi connectivity index (χ2v) is 5.83. The van der Waals surface area contributed by atoms with Crippen LogP contribution in [0.25, 0.3) is 0 Å². The molecule has 4 nitrogen and oxygen atoms in total. The van der Waals surface area contributed by atoms with E-state index >= 15 is 0 Å². The first-order chi connectivity index (χ1) is 8.04. The summed E-state index contributed by atoms with van der Waals surface area (Å²) in [6.45, 7) is 3.13. The highest BCUT2D eigenvalue weighted by molar-refractivity contribution is 9.10. The van der Waals surface area contributed by atoms with Crippen LogP contribution < -0.4 is 0 Å². The highest BCUT2D eigenvalue weighted by atomic mass is 79.9. The third-order valence-corrected chi connectivity index (χ3v) is 3.78. The molecule has 1 saturated carbocycles. The van der Waals surface area contributed by atoms with Crippen LogP contribution >= 0.6 is 15.9 Å². The van der Waals surface area contributed by atoms with Crippen molar-refractivity contribution in [2.45, 2.75) is 38.3 Å². The fourth-order valence-corrected chi connectivity index (χ4v) is 2.95. The van der Waals surface area contributed by atoms with Gasteiger partial charge in [0.1, 0.15) is 5.60 Å². The molecule has 0 aliphatic heterocycles. The van der Waals surface area contributed by atoms with Gasteiger partial charge in [0.15, 0.2) is 0 Å². The van der Waals surface area contributed by atoms with Gasteiger partial charge in [-0.3, -0.25) is 4.68 Å². The summed E-state index contributed by atoms with van der Waals surface area (Å²) in [5, 5.41) is 14.9. The summed E-state index contributed by atoms with van der Waals surface area (Å²) in [5.74, 6) is 0.669. The first kappa shape index (κ1) is 13.1. The topological polar surface area (TPSA) is 47.3 Å². The van der Waals surface area contributed by atoms with Gasteiger partial charge >= 0.3 is 0 Å². The lowest BCUT2D eigenvalue weighted by Gasteiger charge is -2.25. The Labute approximate surface area is 110 Å². The number of hydrogen-bond donors (Lipinski definition) is 1. The van der Waals surface area contributed by atoms with Crippen LogP contribution in [-0.4, -0.2) is 28.6 Å². The lowest BCUT2D eigenvalue weighted by atomic mass is 9.95. The van der Waals surface area contributed by atoms with Crippen molar-refractivity contribution in [2.75, 3.05) is 13.7 Å². The zero-order valence-electron chi connectivity index (χ0n) is 10.3. The molecule has 0 bridgehead atoms. The number of halogens is 1. The zero-order chi connectivity index (χ0) is 12.5. The predicted molar refractivity (Wildman–Crippen MR) is 68.7 cm³/mol. The first-order valence-corrected chi connectivity index (χ1v) is 6.77. The van der Waals surface area contributed by atoms with E-state index in [2.05, 4.69) is 21.0 Å². The van der Waals surface area contributed by atoms with E-state index in [0.717, 1.165) is 16.6 Å². The van der Waals surface area contributed by atoms with Crippen molar-refractivity contribution < 1.29 is 9.84 Å². The van der Waals surface area contributed by atoms with E-state index in [1.54, 1.807) is 13.3 Å². The molecule has 0 radical (unpaired) electrons. The van der Waals surface area contributed by atoms with Crippen molar-refractivity contribution in [3.05, 3.63) is 16.4 Å². The summed E-state index contributed by atoms with van der Waals surface area (Å²) < 4.78 is 7.76. The number of nitrogens with zero attached hydrogens (tertiary/aromatic N) is 2. The van der Waals surface area contributed by atoms with Crippen LogP contribution in [0, 0.1) is 5.92 Å². The maximum absolute atomic E-state index is 10.6. The van der Waals surface area contributed by atoms with Crippen molar-refractivity contribution in [3.63, 3.8) is 0 Å². The van der Waals surface area contributed by atoms with Gasteiger partial charge in [-0.25, -0.2) is 0 Å². The molecular weight excluding hydrogens is 284 g/mol.